The van der Waals surface area contributed by atoms with Crippen LogP contribution in [0.1, 0.15) is 6.92 Å². The fraction of sp³-hybridized carbons (Fsp3) is 0.300. The first-order chi connectivity index (χ1) is 7.29. The van der Waals surface area contributed by atoms with Gasteiger partial charge in [-0.05, 0) is 19.1 Å². The van der Waals surface area contributed by atoms with E-state index >= 15 is 0 Å². The zero-order valence-electron chi connectivity index (χ0n) is 8.38. The minimum Gasteiger partial charge on any atom is -0.465 e. The average Bonchev–Trinajstić information content (AvgIpc) is 2.59. The van der Waals surface area contributed by atoms with Gasteiger partial charge < -0.3 is 4.74 Å². The highest BCUT2D eigenvalue weighted by molar-refractivity contribution is 5.74. The van der Waals surface area contributed by atoms with Gasteiger partial charge in [0.25, 0.3) is 0 Å². The van der Waals surface area contributed by atoms with Crippen LogP contribution in [0.25, 0.3) is 11.0 Å². The van der Waals surface area contributed by atoms with E-state index in [4.69, 9.17) is 4.74 Å². The van der Waals surface area contributed by atoms with Crippen molar-refractivity contribution in [3.8, 4) is 0 Å². The molecule has 0 aliphatic heterocycles. The molecule has 0 atom stereocenters. The molecular formula is C10H11N3O2. The van der Waals surface area contributed by atoms with Gasteiger partial charge in [0.15, 0.2) is 5.65 Å². The van der Waals surface area contributed by atoms with Crippen LogP contribution in [-0.2, 0) is 16.1 Å². The molecule has 15 heavy (non-hydrogen) atoms. The van der Waals surface area contributed by atoms with Gasteiger partial charge in [0.2, 0.25) is 0 Å². The summed E-state index contributed by atoms with van der Waals surface area (Å²) in [5, 5.41) is 5.06. The predicted molar refractivity (Wildman–Crippen MR) is 54.2 cm³/mol. The summed E-state index contributed by atoms with van der Waals surface area (Å²) in [5.41, 5.74) is 0.641. The maximum Gasteiger partial charge on any atom is 0.327 e. The summed E-state index contributed by atoms with van der Waals surface area (Å²) >= 11 is 0. The van der Waals surface area contributed by atoms with E-state index < -0.39 is 0 Å². The summed E-state index contributed by atoms with van der Waals surface area (Å²) in [7, 11) is 0. The first-order valence-corrected chi connectivity index (χ1v) is 4.73. The van der Waals surface area contributed by atoms with Gasteiger partial charge in [0.05, 0.1) is 6.61 Å². The second kappa shape index (κ2) is 4.08. The van der Waals surface area contributed by atoms with E-state index in [1.807, 2.05) is 12.1 Å². The first kappa shape index (κ1) is 9.64. The summed E-state index contributed by atoms with van der Waals surface area (Å²) in [6.45, 7) is 2.29. The van der Waals surface area contributed by atoms with Crippen molar-refractivity contribution in [3.63, 3.8) is 0 Å². The maximum atomic E-state index is 11.2. The van der Waals surface area contributed by atoms with Crippen LogP contribution in [0.2, 0.25) is 0 Å². The predicted octanol–water partition coefficient (Wildman–Crippen LogP) is 0.994. The van der Waals surface area contributed by atoms with Crippen LogP contribution in [-0.4, -0.2) is 27.3 Å². The highest BCUT2D eigenvalue weighted by Crippen LogP contribution is 2.07. The molecule has 5 heteroatoms. The number of ether oxygens (including phenoxy) is 1. The molecule has 0 aromatic carbocycles. The van der Waals surface area contributed by atoms with Crippen molar-refractivity contribution in [1.29, 1.82) is 0 Å². The molecule has 0 amide bonds. The second-order valence-corrected chi connectivity index (χ2v) is 3.05. The summed E-state index contributed by atoms with van der Waals surface area (Å²) in [6, 6.07) is 3.73. The molecule has 0 saturated heterocycles. The van der Waals surface area contributed by atoms with Crippen LogP contribution in [0.15, 0.2) is 24.5 Å². The van der Waals surface area contributed by atoms with Gasteiger partial charge >= 0.3 is 5.97 Å². The molecule has 0 fully saturated rings. The second-order valence-electron chi connectivity index (χ2n) is 3.05. The van der Waals surface area contributed by atoms with Gasteiger partial charge in [0, 0.05) is 17.8 Å². The number of hydrogen-bond donors (Lipinski definition) is 0. The summed E-state index contributed by atoms with van der Waals surface area (Å²) < 4.78 is 6.36. The van der Waals surface area contributed by atoms with Crippen LogP contribution < -0.4 is 0 Å². The molecule has 0 spiro atoms. The van der Waals surface area contributed by atoms with Crippen molar-refractivity contribution in [2.75, 3.05) is 6.61 Å². The average molecular weight is 205 g/mol. The molecule has 0 radical (unpaired) electrons. The van der Waals surface area contributed by atoms with E-state index in [1.165, 1.54) is 4.68 Å². The van der Waals surface area contributed by atoms with Crippen molar-refractivity contribution < 1.29 is 9.53 Å². The molecule has 0 bridgehead atoms. The molecule has 0 aliphatic carbocycles. The van der Waals surface area contributed by atoms with Crippen molar-refractivity contribution in [2.24, 2.45) is 0 Å². The Balaban J connectivity index is 2.18. The van der Waals surface area contributed by atoms with Gasteiger partial charge in [-0.15, -0.1) is 0 Å². The van der Waals surface area contributed by atoms with Gasteiger partial charge in [-0.25, -0.2) is 4.98 Å². The lowest BCUT2D eigenvalue weighted by Gasteiger charge is -2.00. The molecule has 2 rings (SSSR count). The highest BCUT2D eigenvalue weighted by Gasteiger charge is 2.05. The third-order valence-electron chi connectivity index (χ3n) is 1.92. The topological polar surface area (TPSA) is 57.0 Å². The number of rotatable bonds is 3. The number of carbonyl (C=O) groups is 1. The SMILES string of the molecule is CCOC(=O)Cn1cc2cccnc2n1. The normalized spacial score (nSPS) is 10.5. The quantitative estimate of drug-likeness (QED) is 0.701. The number of nitrogens with zero attached hydrogens (tertiary/aromatic N) is 3. The van der Waals surface area contributed by atoms with Gasteiger partial charge in [0.1, 0.15) is 6.54 Å². The standard InChI is InChI=1S/C10H11N3O2/c1-2-15-9(14)7-13-6-8-4-3-5-11-10(8)12-13/h3-6H,2,7H2,1H3. The Bertz CT molecular complexity index is 445. The minimum atomic E-state index is -0.287. The Labute approximate surface area is 86.7 Å². The molecule has 2 aromatic heterocycles. The summed E-state index contributed by atoms with van der Waals surface area (Å²) in [6.07, 6.45) is 3.45. The number of fused-ring (bicyclic) bond motifs is 1. The van der Waals surface area contributed by atoms with Crippen molar-refractivity contribution in [3.05, 3.63) is 24.5 Å². The molecule has 2 aromatic rings. The largest absolute Gasteiger partial charge is 0.465 e. The maximum absolute atomic E-state index is 11.2. The number of hydrogen-bond acceptors (Lipinski definition) is 4. The number of aromatic nitrogens is 3. The summed E-state index contributed by atoms with van der Waals surface area (Å²) in [5.74, 6) is -0.287. The number of esters is 1. The Morgan fingerprint density at radius 1 is 1.60 bits per heavy atom. The molecule has 5 nitrogen and oxygen atoms in total. The van der Waals surface area contributed by atoms with Crippen molar-refractivity contribution >= 4 is 17.0 Å². The van der Waals surface area contributed by atoms with Crippen molar-refractivity contribution in [2.45, 2.75) is 13.5 Å². The molecule has 0 saturated carbocycles. The van der Waals surface area contributed by atoms with E-state index in [-0.39, 0.29) is 12.5 Å². The van der Waals surface area contributed by atoms with Crippen LogP contribution in [0, 0.1) is 0 Å². The van der Waals surface area contributed by atoms with Gasteiger partial charge in [-0.1, -0.05) is 0 Å². The highest BCUT2D eigenvalue weighted by atomic mass is 16.5. The molecule has 0 aliphatic rings. The molecular weight excluding hydrogens is 194 g/mol. The van der Waals surface area contributed by atoms with Crippen LogP contribution in [0.5, 0.6) is 0 Å². The lowest BCUT2D eigenvalue weighted by molar-refractivity contribution is -0.144. The molecule has 78 valence electrons. The Morgan fingerprint density at radius 3 is 3.20 bits per heavy atom. The first-order valence-electron chi connectivity index (χ1n) is 4.73. The third kappa shape index (κ3) is 2.12. The van der Waals surface area contributed by atoms with E-state index in [2.05, 4.69) is 10.1 Å². The molecule has 2 heterocycles. The van der Waals surface area contributed by atoms with Gasteiger partial charge in [-0.2, -0.15) is 5.10 Å². The smallest absolute Gasteiger partial charge is 0.327 e. The molecule has 0 N–H and O–H groups in total. The third-order valence-corrected chi connectivity index (χ3v) is 1.92. The number of pyridine rings is 1. The van der Waals surface area contributed by atoms with Crippen molar-refractivity contribution in [1.82, 2.24) is 14.8 Å². The van der Waals surface area contributed by atoms with Crippen LogP contribution in [0.3, 0.4) is 0 Å². The van der Waals surface area contributed by atoms with E-state index in [0.29, 0.717) is 12.3 Å². The van der Waals surface area contributed by atoms with E-state index in [0.717, 1.165) is 5.39 Å². The van der Waals surface area contributed by atoms with Gasteiger partial charge in [-0.3, -0.25) is 9.48 Å². The Morgan fingerprint density at radius 2 is 2.47 bits per heavy atom. The fourth-order valence-electron chi connectivity index (χ4n) is 1.32. The fourth-order valence-corrected chi connectivity index (χ4v) is 1.32. The molecule has 0 unspecified atom stereocenters. The zero-order chi connectivity index (χ0) is 10.7. The van der Waals surface area contributed by atoms with Crippen LogP contribution in [0.4, 0.5) is 0 Å². The monoisotopic (exact) mass is 205 g/mol. The minimum absolute atomic E-state index is 0.129. The van der Waals surface area contributed by atoms with E-state index in [1.54, 1.807) is 19.3 Å². The lowest BCUT2D eigenvalue weighted by Crippen LogP contribution is -2.13. The Hall–Kier alpha value is -1.91. The Kier molecular flexibility index (Phi) is 2.62. The lowest BCUT2D eigenvalue weighted by atomic mass is 10.4. The van der Waals surface area contributed by atoms with Crippen LogP contribution >= 0.6 is 0 Å². The van der Waals surface area contributed by atoms with E-state index in [9.17, 15) is 4.79 Å². The number of carbonyl (C=O) groups excluding carboxylic acids is 1. The zero-order valence-corrected chi connectivity index (χ0v) is 8.38. The summed E-state index contributed by atoms with van der Waals surface area (Å²) in [4.78, 5) is 15.3.